The molecule has 1 aromatic rings. The normalized spacial score (nSPS) is 15.0. The maximum absolute atomic E-state index is 12.6. The van der Waals surface area contributed by atoms with E-state index in [1.807, 2.05) is 0 Å². The van der Waals surface area contributed by atoms with Crippen molar-refractivity contribution >= 4 is 35.8 Å². The Morgan fingerprint density at radius 1 is 1.25 bits per heavy atom. The number of nitrogens with zero attached hydrogens (tertiary/aromatic N) is 2. The fraction of sp³-hybridized carbons (Fsp3) is 0.579. The van der Waals surface area contributed by atoms with Gasteiger partial charge in [-0.05, 0) is 18.9 Å². The molecule has 1 aromatic carbocycles. The zero-order chi connectivity index (χ0) is 19.6. The lowest BCUT2D eigenvalue weighted by atomic mass is 9.96. The van der Waals surface area contributed by atoms with E-state index in [4.69, 9.17) is 0 Å². The zero-order valence-electron chi connectivity index (χ0n) is 16.3. The molecule has 1 aliphatic rings. The van der Waals surface area contributed by atoms with Gasteiger partial charge in [0.05, 0.1) is 13.1 Å². The first-order valence-electron chi connectivity index (χ1n) is 9.23. The standard InChI is InChI=1S/C19H28F2N4O2.HI/c1-25(2)17(26)13-23-19(24-15-9-4-3-5-10-15)22-12-14-8-6-7-11-16(14)27-18(20)21;/h6-8,11,15,18H,3-5,9-10,12-13H2,1-2H3,(H2,22,23,24);1H. The number of hydrogen-bond acceptors (Lipinski definition) is 3. The SMILES string of the molecule is CN(C)C(=O)CNC(=NCc1ccccc1OC(F)F)NC1CCCCC1.I. The number of carbonyl (C=O) groups is 1. The molecular formula is C19H29F2IN4O2. The molecular weight excluding hydrogens is 481 g/mol. The van der Waals surface area contributed by atoms with Crippen molar-refractivity contribution in [3.8, 4) is 5.75 Å². The molecule has 0 unspecified atom stereocenters. The highest BCUT2D eigenvalue weighted by atomic mass is 127. The number of halogens is 3. The van der Waals surface area contributed by atoms with E-state index in [2.05, 4.69) is 20.4 Å². The van der Waals surface area contributed by atoms with Crippen LogP contribution in [0.15, 0.2) is 29.3 Å². The number of carbonyl (C=O) groups excluding carboxylic acids is 1. The van der Waals surface area contributed by atoms with E-state index in [0.29, 0.717) is 17.6 Å². The van der Waals surface area contributed by atoms with Crippen LogP contribution in [0.1, 0.15) is 37.7 Å². The predicted octanol–water partition coefficient (Wildman–Crippen LogP) is 3.36. The van der Waals surface area contributed by atoms with Gasteiger partial charge in [0, 0.05) is 25.7 Å². The Hall–Kier alpha value is -1.65. The highest BCUT2D eigenvalue weighted by Gasteiger charge is 2.16. The molecule has 0 atom stereocenters. The lowest BCUT2D eigenvalue weighted by molar-refractivity contribution is -0.127. The van der Waals surface area contributed by atoms with Crippen LogP contribution in [0.5, 0.6) is 5.75 Å². The van der Waals surface area contributed by atoms with Crippen LogP contribution in [0.25, 0.3) is 0 Å². The van der Waals surface area contributed by atoms with Crippen molar-refractivity contribution in [3.63, 3.8) is 0 Å². The molecule has 0 saturated heterocycles. The van der Waals surface area contributed by atoms with Crippen LogP contribution in [0.2, 0.25) is 0 Å². The smallest absolute Gasteiger partial charge is 0.387 e. The summed E-state index contributed by atoms with van der Waals surface area (Å²) in [5, 5.41) is 6.40. The van der Waals surface area contributed by atoms with E-state index in [9.17, 15) is 13.6 Å². The molecule has 0 radical (unpaired) electrons. The second-order valence-corrected chi connectivity index (χ2v) is 6.77. The Morgan fingerprint density at radius 3 is 2.57 bits per heavy atom. The molecule has 9 heteroatoms. The molecule has 0 spiro atoms. The monoisotopic (exact) mass is 510 g/mol. The molecule has 28 heavy (non-hydrogen) atoms. The van der Waals surface area contributed by atoms with Crippen LogP contribution in [0.4, 0.5) is 8.78 Å². The summed E-state index contributed by atoms with van der Waals surface area (Å²) >= 11 is 0. The van der Waals surface area contributed by atoms with Gasteiger partial charge >= 0.3 is 6.61 Å². The number of amides is 1. The van der Waals surface area contributed by atoms with Crippen LogP contribution >= 0.6 is 24.0 Å². The van der Waals surface area contributed by atoms with Crippen molar-refractivity contribution in [2.24, 2.45) is 4.99 Å². The number of guanidine groups is 1. The summed E-state index contributed by atoms with van der Waals surface area (Å²) in [6.45, 7) is -2.60. The van der Waals surface area contributed by atoms with Crippen molar-refractivity contribution in [2.75, 3.05) is 20.6 Å². The second kappa shape index (κ2) is 12.7. The van der Waals surface area contributed by atoms with Gasteiger partial charge in [-0.15, -0.1) is 24.0 Å². The number of hydrogen-bond donors (Lipinski definition) is 2. The fourth-order valence-electron chi connectivity index (χ4n) is 2.92. The first-order chi connectivity index (χ1) is 13.0. The van der Waals surface area contributed by atoms with E-state index in [1.165, 1.54) is 17.4 Å². The number of likely N-dealkylation sites (N-methyl/N-ethyl adjacent to an activating group) is 1. The summed E-state index contributed by atoms with van der Waals surface area (Å²) in [7, 11) is 3.38. The van der Waals surface area contributed by atoms with Gasteiger partial charge < -0.3 is 20.3 Å². The Labute approximate surface area is 182 Å². The Morgan fingerprint density at radius 2 is 1.93 bits per heavy atom. The first-order valence-corrected chi connectivity index (χ1v) is 9.23. The lowest BCUT2D eigenvalue weighted by Gasteiger charge is -2.25. The molecule has 2 N–H and O–H groups in total. The van der Waals surface area contributed by atoms with Gasteiger partial charge in [-0.2, -0.15) is 8.78 Å². The Bertz CT molecular complexity index is 638. The largest absolute Gasteiger partial charge is 0.434 e. The number of benzene rings is 1. The molecule has 1 fully saturated rings. The van der Waals surface area contributed by atoms with Gasteiger partial charge in [0.2, 0.25) is 5.91 Å². The molecule has 2 rings (SSSR count). The summed E-state index contributed by atoms with van der Waals surface area (Å²) < 4.78 is 29.7. The average molecular weight is 510 g/mol. The Balaban J connectivity index is 0.00000392. The van der Waals surface area contributed by atoms with Crippen molar-refractivity contribution in [2.45, 2.75) is 51.3 Å². The maximum Gasteiger partial charge on any atom is 0.387 e. The first kappa shape index (κ1) is 24.4. The van der Waals surface area contributed by atoms with Crippen molar-refractivity contribution in [3.05, 3.63) is 29.8 Å². The molecule has 158 valence electrons. The second-order valence-electron chi connectivity index (χ2n) is 6.77. The summed E-state index contributed by atoms with van der Waals surface area (Å²) in [5.41, 5.74) is 0.557. The number of nitrogens with one attached hydrogen (secondary N) is 2. The maximum atomic E-state index is 12.6. The fourth-order valence-corrected chi connectivity index (χ4v) is 2.92. The molecule has 6 nitrogen and oxygen atoms in total. The van der Waals surface area contributed by atoms with Gasteiger partial charge in [0.25, 0.3) is 0 Å². The molecule has 0 heterocycles. The quantitative estimate of drug-likeness (QED) is 0.336. The Kier molecular flexibility index (Phi) is 11.1. The van der Waals surface area contributed by atoms with Crippen molar-refractivity contribution < 1.29 is 18.3 Å². The topological polar surface area (TPSA) is 66.0 Å². The molecule has 0 aliphatic heterocycles. The van der Waals surface area contributed by atoms with E-state index >= 15 is 0 Å². The minimum absolute atomic E-state index is 0. The molecule has 1 saturated carbocycles. The summed E-state index contributed by atoms with van der Waals surface area (Å²) in [6.07, 6.45) is 5.65. The number of alkyl halides is 2. The molecule has 0 aromatic heterocycles. The summed E-state index contributed by atoms with van der Waals surface area (Å²) in [6, 6.07) is 6.88. The van der Waals surface area contributed by atoms with Gasteiger partial charge in [-0.1, -0.05) is 37.5 Å². The third-order valence-corrected chi connectivity index (χ3v) is 4.45. The third-order valence-electron chi connectivity index (χ3n) is 4.45. The van der Waals surface area contributed by atoms with Crippen molar-refractivity contribution in [1.82, 2.24) is 15.5 Å². The minimum Gasteiger partial charge on any atom is -0.434 e. The van der Waals surface area contributed by atoms with Crippen LogP contribution < -0.4 is 15.4 Å². The van der Waals surface area contributed by atoms with Gasteiger partial charge in [0.15, 0.2) is 5.96 Å². The average Bonchev–Trinajstić information content (AvgIpc) is 2.65. The van der Waals surface area contributed by atoms with Gasteiger partial charge in [0.1, 0.15) is 5.75 Å². The van der Waals surface area contributed by atoms with Crippen molar-refractivity contribution in [1.29, 1.82) is 0 Å². The molecule has 0 bridgehead atoms. The third kappa shape index (κ3) is 8.57. The zero-order valence-corrected chi connectivity index (χ0v) is 18.6. The van der Waals surface area contributed by atoms with Gasteiger partial charge in [-0.3, -0.25) is 4.79 Å². The van der Waals surface area contributed by atoms with E-state index in [-0.39, 0.29) is 48.7 Å². The number of rotatable bonds is 7. The van der Waals surface area contributed by atoms with E-state index in [0.717, 1.165) is 25.7 Å². The predicted molar refractivity (Wildman–Crippen MR) is 116 cm³/mol. The lowest BCUT2D eigenvalue weighted by Crippen LogP contribution is -2.47. The highest BCUT2D eigenvalue weighted by Crippen LogP contribution is 2.21. The number of para-hydroxylation sites is 1. The molecule has 1 aliphatic carbocycles. The number of aliphatic imine (C=N–C) groups is 1. The van der Waals surface area contributed by atoms with Gasteiger partial charge in [-0.25, -0.2) is 4.99 Å². The minimum atomic E-state index is -2.88. The van der Waals surface area contributed by atoms with E-state index < -0.39 is 6.61 Å². The highest BCUT2D eigenvalue weighted by molar-refractivity contribution is 14.0. The van der Waals surface area contributed by atoms with Crippen LogP contribution in [-0.4, -0.2) is 50.1 Å². The molecule has 1 amide bonds. The van der Waals surface area contributed by atoms with Crippen LogP contribution in [0.3, 0.4) is 0 Å². The summed E-state index contributed by atoms with van der Waals surface area (Å²) in [4.78, 5) is 17.8. The summed E-state index contributed by atoms with van der Waals surface area (Å²) in [5.74, 6) is 0.538. The van der Waals surface area contributed by atoms with E-state index in [1.54, 1.807) is 32.3 Å². The van der Waals surface area contributed by atoms with Crippen LogP contribution in [-0.2, 0) is 11.3 Å². The van der Waals surface area contributed by atoms with Crippen LogP contribution in [0, 0.1) is 0 Å². The number of ether oxygens (including phenoxy) is 1.